The van der Waals surface area contributed by atoms with Crippen molar-refractivity contribution in [3.05, 3.63) is 76.5 Å². The highest BCUT2D eigenvalue weighted by Crippen LogP contribution is 2.40. The molecule has 0 atom stereocenters. The molecule has 6 rings (SSSR count). The average Bonchev–Trinajstić information content (AvgIpc) is 3.49. The van der Waals surface area contributed by atoms with Gasteiger partial charge in [-0.05, 0) is 57.2 Å². The number of fused-ring (bicyclic) bond motifs is 3. The van der Waals surface area contributed by atoms with E-state index < -0.39 is 0 Å². The van der Waals surface area contributed by atoms with Crippen molar-refractivity contribution in [2.24, 2.45) is 7.05 Å². The zero-order chi connectivity index (χ0) is 26.4. The SMILES string of the molecule is CCn1ccc(Nc2ncc3c(n2)-c2c(nn(C)c2-c2ccc(C4=C(C)OCCC(C)=C4C)cc2)CC3)n1. The van der Waals surface area contributed by atoms with Gasteiger partial charge in [-0.25, -0.2) is 9.97 Å². The Balaban J connectivity index is 1.39. The van der Waals surface area contributed by atoms with Crippen molar-refractivity contribution in [3.63, 3.8) is 0 Å². The molecule has 0 radical (unpaired) electrons. The van der Waals surface area contributed by atoms with Crippen LogP contribution in [-0.4, -0.2) is 36.1 Å². The van der Waals surface area contributed by atoms with Gasteiger partial charge < -0.3 is 10.1 Å². The van der Waals surface area contributed by atoms with Crippen LogP contribution in [0.15, 0.2) is 59.6 Å². The summed E-state index contributed by atoms with van der Waals surface area (Å²) >= 11 is 0. The standard InChI is InChI=1S/C30H33N7O/c1-6-37-15-13-25(35-37)32-30-31-17-23-11-12-24-27(28(23)33-30)29(36(5)34-24)22-9-7-21(8-10-22)26-19(3)18(2)14-16-38-20(26)4/h7-10,13,15,17H,6,11-12,14,16H2,1-5H3,(H,31,32,33,35). The Bertz CT molecular complexity index is 1590. The van der Waals surface area contributed by atoms with Crippen LogP contribution in [0.2, 0.25) is 0 Å². The third-order valence-corrected chi connectivity index (χ3v) is 7.67. The molecule has 1 aromatic carbocycles. The first kappa shape index (κ1) is 24.2. The topological polar surface area (TPSA) is 82.7 Å². The van der Waals surface area contributed by atoms with Gasteiger partial charge in [0.05, 0.1) is 23.7 Å². The minimum Gasteiger partial charge on any atom is -0.497 e. The number of rotatable bonds is 5. The van der Waals surface area contributed by atoms with Crippen LogP contribution in [0.1, 0.15) is 50.9 Å². The molecule has 0 saturated carbocycles. The zero-order valence-electron chi connectivity index (χ0n) is 22.7. The second-order valence-electron chi connectivity index (χ2n) is 10.1. The van der Waals surface area contributed by atoms with Crippen LogP contribution < -0.4 is 5.32 Å². The number of hydrogen-bond acceptors (Lipinski definition) is 6. The van der Waals surface area contributed by atoms with E-state index in [0.29, 0.717) is 5.95 Å². The van der Waals surface area contributed by atoms with Crippen molar-refractivity contribution in [1.82, 2.24) is 29.5 Å². The molecule has 0 amide bonds. The zero-order valence-corrected chi connectivity index (χ0v) is 22.7. The van der Waals surface area contributed by atoms with Gasteiger partial charge in [-0.2, -0.15) is 10.2 Å². The summed E-state index contributed by atoms with van der Waals surface area (Å²) in [6, 6.07) is 10.7. The van der Waals surface area contributed by atoms with Crippen LogP contribution in [-0.2, 0) is 31.2 Å². The number of allylic oxidation sites excluding steroid dienone is 3. The van der Waals surface area contributed by atoms with Crippen LogP contribution >= 0.6 is 0 Å². The molecule has 1 aliphatic carbocycles. The van der Waals surface area contributed by atoms with E-state index in [2.05, 4.69) is 67.4 Å². The fourth-order valence-corrected chi connectivity index (χ4v) is 5.48. The van der Waals surface area contributed by atoms with Gasteiger partial charge >= 0.3 is 0 Å². The van der Waals surface area contributed by atoms with Crippen molar-refractivity contribution in [3.8, 4) is 22.5 Å². The largest absolute Gasteiger partial charge is 0.497 e. The van der Waals surface area contributed by atoms with Crippen molar-refractivity contribution in [1.29, 1.82) is 0 Å². The summed E-state index contributed by atoms with van der Waals surface area (Å²) < 4.78 is 9.87. The molecule has 8 heteroatoms. The number of benzene rings is 1. The van der Waals surface area contributed by atoms with E-state index >= 15 is 0 Å². The third kappa shape index (κ3) is 4.20. The Hall–Kier alpha value is -4.20. The lowest BCUT2D eigenvalue weighted by atomic mass is 9.90. The van der Waals surface area contributed by atoms with Gasteiger partial charge in [0.15, 0.2) is 5.82 Å². The predicted octanol–water partition coefficient (Wildman–Crippen LogP) is 6.09. The van der Waals surface area contributed by atoms with Gasteiger partial charge in [-0.3, -0.25) is 9.36 Å². The maximum atomic E-state index is 6.01. The van der Waals surface area contributed by atoms with Crippen molar-refractivity contribution >= 4 is 17.3 Å². The number of anilines is 2. The second kappa shape index (κ2) is 9.59. The maximum absolute atomic E-state index is 6.01. The first-order valence-electron chi connectivity index (χ1n) is 13.3. The number of aryl methyl sites for hydroxylation is 4. The van der Waals surface area contributed by atoms with Gasteiger partial charge in [0.25, 0.3) is 0 Å². The average molecular weight is 508 g/mol. The van der Waals surface area contributed by atoms with Gasteiger partial charge in [-0.1, -0.05) is 29.8 Å². The summed E-state index contributed by atoms with van der Waals surface area (Å²) in [4.78, 5) is 9.54. The molecule has 0 bridgehead atoms. The lowest BCUT2D eigenvalue weighted by Crippen LogP contribution is -2.09. The van der Waals surface area contributed by atoms with E-state index in [9.17, 15) is 0 Å². The summed E-state index contributed by atoms with van der Waals surface area (Å²) in [5, 5.41) is 12.7. The lowest BCUT2D eigenvalue weighted by molar-refractivity contribution is 0.222. The van der Waals surface area contributed by atoms with Gasteiger partial charge in [0.2, 0.25) is 5.95 Å². The molecule has 0 saturated heterocycles. The van der Waals surface area contributed by atoms with Crippen molar-refractivity contribution < 1.29 is 4.74 Å². The highest BCUT2D eigenvalue weighted by molar-refractivity contribution is 5.86. The normalized spacial score (nSPS) is 15.2. The van der Waals surface area contributed by atoms with Gasteiger partial charge in [0, 0.05) is 55.2 Å². The van der Waals surface area contributed by atoms with E-state index in [1.165, 1.54) is 22.3 Å². The Labute approximate surface area is 223 Å². The molecule has 194 valence electrons. The van der Waals surface area contributed by atoms with E-state index in [4.69, 9.17) is 14.8 Å². The third-order valence-electron chi connectivity index (χ3n) is 7.67. The minimum absolute atomic E-state index is 0.538. The number of nitrogens with one attached hydrogen (secondary N) is 1. The molecule has 1 N–H and O–H groups in total. The minimum atomic E-state index is 0.538. The predicted molar refractivity (Wildman–Crippen MR) is 150 cm³/mol. The molecule has 1 aliphatic heterocycles. The molecular formula is C30H33N7O. The van der Waals surface area contributed by atoms with Gasteiger partial charge in [-0.15, -0.1) is 0 Å². The molecule has 8 nitrogen and oxygen atoms in total. The van der Waals surface area contributed by atoms with E-state index in [1.54, 1.807) is 0 Å². The molecule has 4 heterocycles. The number of nitrogens with zero attached hydrogens (tertiary/aromatic N) is 6. The van der Waals surface area contributed by atoms with E-state index in [0.717, 1.165) is 77.8 Å². The fourth-order valence-electron chi connectivity index (χ4n) is 5.48. The Morgan fingerprint density at radius 2 is 1.76 bits per heavy atom. The summed E-state index contributed by atoms with van der Waals surface area (Å²) in [7, 11) is 2.01. The number of aromatic nitrogens is 6. The van der Waals surface area contributed by atoms with Crippen LogP contribution in [0.5, 0.6) is 0 Å². The summed E-state index contributed by atoms with van der Waals surface area (Å²) in [6.45, 7) is 10.1. The quantitative estimate of drug-likeness (QED) is 0.352. The molecule has 0 spiro atoms. The number of ether oxygens (including phenoxy) is 1. The highest BCUT2D eigenvalue weighted by Gasteiger charge is 2.27. The molecule has 3 aromatic heterocycles. The Morgan fingerprint density at radius 1 is 0.974 bits per heavy atom. The molecule has 0 unspecified atom stereocenters. The fraction of sp³-hybridized carbons (Fsp3) is 0.333. The Kier molecular flexibility index (Phi) is 6.10. The van der Waals surface area contributed by atoms with Crippen LogP contribution in [0.25, 0.3) is 28.1 Å². The van der Waals surface area contributed by atoms with Crippen molar-refractivity contribution in [2.45, 2.75) is 53.5 Å². The van der Waals surface area contributed by atoms with Gasteiger partial charge in [0.1, 0.15) is 5.76 Å². The lowest BCUT2D eigenvalue weighted by Gasteiger charge is -2.17. The molecule has 38 heavy (non-hydrogen) atoms. The Morgan fingerprint density at radius 3 is 2.53 bits per heavy atom. The van der Waals surface area contributed by atoms with E-state index in [1.807, 2.05) is 34.9 Å². The first-order valence-corrected chi connectivity index (χ1v) is 13.3. The molecule has 2 aliphatic rings. The second-order valence-corrected chi connectivity index (χ2v) is 10.1. The molecular weight excluding hydrogens is 474 g/mol. The first-order chi connectivity index (χ1) is 18.4. The summed E-state index contributed by atoms with van der Waals surface area (Å²) in [5.41, 5.74) is 11.5. The smallest absolute Gasteiger partial charge is 0.228 e. The molecule has 0 fully saturated rings. The van der Waals surface area contributed by atoms with Crippen LogP contribution in [0.3, 0.4) is 0 Å². The van der Waals surface area contributed by atoms with Crippen LogP contribution in [0, 0.1) is 0 Å². The molecule has 4 aromatic rings. The summed E-state index contributed by atoms with van der Waals surface area (Å²) in [5.74, 6) is 2.26. The monoisotopic (exact) mass is 507 g/mol. The van der Waals surface area contributed by atoms with Crippen LogP contribution in [0.4, 0.5) is 11.8 Å². The van der Waals surface area contributed by atoms with Crippen molar-refractivity contribution in [2.75, 3.05) is 11.9 Å². The summed E-state index contributed by atoms with van der Waals surface area (Å²) in [6.07, 6.45) is 6.59. The number of hydrogen-bond donors (Lipinski definition) is 1. The maximum Gasteiger partial charge on any atom is 0.228 e. The highest BCUT2D eigenvalue weighted by atomic mass is 16.5. The van der Waals surface area contributed by atoms with E-state index in [-0.39, 0.29) is 0 Å².